The van der Waals surface area contributed by atoms with Gasteiger partial charge in [0.1, 0.15) is 11.8 Å². The summed E-state index contributed by atoms with van der Waals surface area (Å²) in [5.41, 5.74) is 2.91. The molecule has 0 radical (unpaired) electrons. The van der Waals surface area contributed by atoms with Gasteiger partial charge in [0.15, 0.2) is 0 Å². The largest absolute Gasteiger partial charge is 0.369 e. The van der Waals surface area contributed by atoms with Gasteiger partial charge in [-0.1, -0.05) is 0 Å². The molecular weight excluding hydrogens is 304 g/mol. The molecule has 1 aliphatic heterocycles. The zero-order chi connectivity index (χ0) is 17.1. The molecule has 0 aromatic carbocycles. The number of nitrogens with zero attached hydrogens (tertiary/aromatic N) is 5. The third-order valence-electron chi connectivity index (χ3n) is 4.44. The van der Waals surface area contributed by atoms with E-state index in [0.717, 1.165) is 37.3 Å². The summed E-state index contributed by atoms with van der Waals surface area (Å²) in [5, 5.41) is 16.5. The van der Waals surface area contributed by atoms with E-state index < -0.39 is 0 Å². The summed E-state index contributed by atoms with van der Waals surface area (Å²) in [6.45, 7) is 3.49. The van der Waals surface area contributed by atoms with E-state index in [4.69, 9.17) is 0 Å². The lowest BCUT2D eigenvalue weighted by Crippen LogP contribution is -2.45. The molecule has 3 rings (SSSR count). The zero-order valence-corrected chi connectivity index (χ0v) is 13.9. The third kappa shape index (κ3) is 3.23. The van der Waals surface area contributed by atoms with Gasteiger partial charge >= 0.3 is 0 Å². The Hall–Kier alpha value is -2.88. The molecule has 7 heteroatoms. The van der Waals surface area contributed by atoms with Crippen molar-refractivity contribution in [1.29, 1.82) is 5.26 Å². The van der Waals surface area contributed by atoms with Crippen LogP contribution in [0.2, 0.25) is 0 Å². The molecule has 1 amide bonds. The average molecular weight is 324 g/mol. The van der Waals surface area contributed by atoms with E-state index >= 15 is 0 Å². The predicted octanol–water partition coefficient (Wildman–Crippen LogP) is 1.39. The van der Waals surface area contributed by atoms with Crippen molar-refractivity contribution < 1.29 is 4.79 Å². The molecule has 24 heavy (non-hydrogen) atoms. The molecule has 0 spiro atoms. The predicted molar refractivity (Wildman–Crippen MR) is 89.6 cm³/mol. The highest BCUT2D eigenvalue weighted by Gasteiger charge is 2.23. The summed E-state index contributed by atoms with van der Waals surface area (Å²) >= 11 is 0. The molecule has 3 heterocycles. The van der Waals surface area contributed by atoms with Crippen LogP contribution in [0.3, 0.4) is 0 Å². The number of aromatic nitrogens is 3. The third-order valence-corrected chi connectivity index (χ3v) is 4.44. The van der Waals surface area contributed by atoms with Crippen LogP contribution in [0.15, 0.2) is 24.5 Å². The van der Waals surface area contributed by atoms with Crippen LogP contribution in [-0.2, 0) is 7.05 Å². The summed E-state index contributed by atoms with van der Waals surface area (Å²) in [5.74, 6) is -0.128. The Bertz CT molecular complexity index is 763. The molecule has 1 N–H and O–H groups in total. The fourth-order valence-corrected chi connectivity index (χ4v) is 2.93. The van der Waals surface area contributed by atoms with Gasteiger partial charge in [0.2, 0.25) is 0 Å². The Morgan fingerprint density at radius 2 is 2.17 bits per heavy atom. The number of carbonyl (C=O) groups excluding carboxylic acids is 1. The highest BCUT2D eigenvalue weighted by Crippen LogP contribution is 2.22. The summed E-state index contributed by atoms with van der Waals surface area (Å²) in [7, 11) is 1.82. The molecule has 1 fully saturated rings. The highest BCUT2D eigenvalue weighted by molar-refractivity contribution is 5.92. The molecule has 0 atom stereocenters. The number of nitriles is 1. The maximum Gasteiger partial charge on any atom is 0.272 e. The van der Waals surface area contributed by atoms with Gasteiger partial charge in [-0.15, -0.1) is 0 Å². The Kier molecular flexibility index (Phi) is 4.47. The lowest BCUT2D eigenvalue weighted by molar-refractivity contribution is 0.0925. The first-order chi connectivity index (χ1) is 11.6. The summed E-state index contributed by atoms with van der Waals surface area (Å²) in [6.07, 6.45) is 5.02. The number of aryl methyl sites for hydroxylation is 2. The number of hydrogen-bond donors (Lipinski definition) is 1. The molecule has 1 aliphatic rings. The Balaban J connectivity index is 1.59. The minimum atomic E-state index is -0.128. The lowest BCUT2D eigenvalue weighted by atomic mass is 10.0. The van der Waals surface area contributed by atoms with Crippen molar-refractivity contribution in [2.45, 2.75) is 25.8 Å². The van der Waals surface area contributed by atoms with E-state index in [2.05, 4.69) is 26.4 Å². The van der Waals surface area contributed by atoms with Crippen LogP contribution in [-0.4, -0.2) is 39.8 Å². The maximum absolute atomic E-state index is 12.3. The molecule has 0 saturated carbocycles. The molecule has 2 aromatic rings. The molecule has 2 aromatic heterocycles. The van der Waals surface area contributed by atoms with Crippen LogP contribution in [0.5, 0.6) is 0 Å². The Labute approximate surface area is 140 Å². The first-order valence-electron chi connectivity index (χ1n) is 7.99. The van der Waals surface area contributed by atoms with E-state index in [1.165, 1.54) is 0 Å². The van der Waals surface area contributed by atoms with Crippen LogP contribution in [0.25, 0.3) is 0 Å². The van der Waals surface area contributed by atoms with Gasteiger partial charge in [-0.25, -0.2) is 0 Å². The number of piperidine rings is 1. The maximum atomic E-state index is 12.3. The second-order valence-electron chi connectivity index (χ2n) is 6.03. The molecular formula is C17H20N6O. The first-order valence-corrected chi connectivity index (χ1v) is 7.99. The Morgan fingerprint density at radius 1 is 1.42 bits per heavy atom. The molecule has 0 aliphatic carbocycles. The number of carbonyl (C=O) groups is 1. The van der Waals surface area contributed by atoms with Crippen LogP contribution >= 0.6 is 0 Å². The van der Waals surface area contributed by atoms with Crippen molar-refractivity contribution in [3.63, 3.8) is 0 Å². The topological polar surface area (TPSA) is 86.8 Å². The van der Waals surface area contributed by atoms with E-state index in [-0.39, 0.29) is 11.9 Å². The van der Waals surface area contributed by atoms with Crippen LogP contribution < -0.4 is 10.2 Å². The molecule has 1 saturated heterocycles. The van der Waals surface area contributed by atoms with Crippen LogP contribution in [0.4, 0.5) is 5.69 Å². The summed E-state index contributed by atoms with van der Waals surface area (Å²) in [6, 6.07) is 5.85. The van der Waals surface area contributed by atoms with E-state index in [1.54, 1.807) is 29.2 Å². The van der Waals surface area contributed by atoms with Crippen LogP contribution in [0.1, 0.15) is 34.6 Å². The van der Waals surface area contributed by atoms with Crippen LogP contribution in [0, 0.1) is 18.3 Å². The van der Waals surface area contributed by atoms with E-state index in [9.17, 15) is 10.1 Å². The van der Waals surface area contributed by atoms with E-state index in [1.807, 2.05) is 14.0 Å². The quantitative estimate of drug-likeness (QED) is 0.922. The number of rotatable bonds is 3. The van der Waals surface area contributed by atoms with Crippen molar-refractivity contribution >= 4 is 11.6 Å². The van der Waals surface area contributed by atoms with E-state index in [0.29, 0.717) is 11.3 Å². The second kappa shape index (κ2) is 6.71. The SMILES string of the molecule is Cc1cc(C(=O)NC2CCN(c3cnccc3C#N)CC2)nn1C. The molecule has 7 nitrogen and oxygen atoms in total. The van der Waals surface area contributed by atoms with Crippen molar-refractivity contribution in [2.75, 3.05) is 18.0 Å². The van der Waals surface area contributed by atoms with Gasteiger partial charge in [-0.05, 0) is 31.9 Å². The summed E-state index contributed by atoms with van der Waals surface area (Å²) in [4.78, 5) is 18.5. The van der Waals surface area contributed by atoms with Gasteiger partial charge in [0.25, 0.3) is 5.91 Å². The van der Waals surface area contributed by atoms with Crippen molar-refractivity contribution in [1.82, 2.24) is 20.1 Å². The minimum absolute atomic E-state index is 0.123. The first kappa shape index (κ1) is 16.0. The van der Waals surface area contributed by atoms with Gasteiger partial charge in [-0.2, -0.15) is 10.4 Å². The lowest BCUT2D eigenvalue weighted by Gasteiger charge is -2.34. The normalized spacial score (nSPS) is 15.1. The molecule has 0 unspecified atom stereocenters. The van der Waals surface area contributed by atoms with Gasteiger partial charge in [0, 0.05) is 38.1 Å². The Morgan fingerprint density at radius 3 is 2.79 bits per heavy atom. The zero-order valence-electron chi connectivity index (χ0n) is 13.9. The number of pyridine rings is 1. The fraction of sp³-hybridized carbons (Fsp3) is 0.412. The molecule has 124 valence electrons. The van der Waals surface area contributed by atoms with Gasteiger partial charge in [0.05, 0.1) is 17.4 Å². The number of anilines is 1. The number of hydrogen-bond acceptors (Lipinski definition) is 5. The summed E-state index contributed by atoms with van der Waals surface area (Å²) < 4.78 is 1.70. The average Bonchev–Trinajstić information content (AvgIpc) is 2.95. The van der Waals surface area contributed by atoms with Crippen molar-refractivity contribution in [2.24, 2.45) is 7.05 Å². The highest BCUT2D eigenvalue weighted by atomic mass is 16.2. The van der Waals surface area contributed by atoms with Gasteiger partial charge < -0.3 is 10.2 Å². The standard InChI is InChI=1S/C17H20N6O/c1-12-9-15(21-22(12)2)17(24)20-14-4-7-23(8-5-14)16-11-19-6-3-13(16)10-18/h3,6,9,11,14H,4-5,7-8H2,1-2H3,(H,20,24). The molecule has 0 bridgehead atoms. The second-order valence-corrected chi connectivity index (χ2v) is 6.03. The van der Waals surface area contributed by atoms with Crippen molar-refractivity contribution in [3.8, 4) is 6.07 Å². The smallest absolute Gasteiger partial charge is 0.272 e. The minimum Gasteiger partial charge on any atom is -0.369 e. The van der Waals surface area contributed by atoms with Crippen molar-refractivity contribution in [3.05, 3.63) is 41.5 Å². The monoisotopic (exact) mass is 324 g/mol. The van der Waals surface area contributed by atoms with Gasteiger partial charge in [-0.3, -0.25) is 14.5 Å². The fourth-order valence-electron chi connectivity index (χ4n) is 2.93. The number of amides is 1. The number of nitrogens with one attached hydrogen (secondary N) is 1.